The van der Waals surface area contributed by atoms with E-state index in [2.05, 4.69) is 27.7 Å². The lowest BCUT2D eigenvalue weighted by molar-refractivity contribution is -0.929. The van der Waals surface area contributed by atoms with Crippen molar-refractivity contribution < 1.29 is 16.9 Å². The van der Waals surface area contributed by atoms with Crippen LogP contribution in [-0.2, 0) is 0 Å². The van der Waals surface area contributed by atoms with Crippen molar-refractivity contribution >= 4 is 0 Å². The van der Waals surface area contributed by atoms with Gasteiger partial charge >= 0.3 is 0 Å². The SMILES string of the molecule is CCCCCCCCCCC[N+](CCCCCCCC)(CCCCCCCC)CCCCCCCC.[Cl-]. The third-order valence-electron chi connectivity index (χ3n) is 8.69. The first kappa shape index (κ1) is 39.4. The molecule has 0 bridgehead atoms. The highest BCUT2D eigenvalue weighted by Gasteiger charge is 2.25. The zero-order valence-corrected chi connectivity index (χ0v) is 27.5. The van der Waals surface area contributed by atoms with Crippen molar-refractivity contribution in [2.24, 2.45) is 0 Å². The second-order valence-electron chi connectivity index (χ2n) is 12.4. The molecule has 2 heteroatoms. The molecular formula is C35H74ClN. The van der Waals surface area contributed by atoms with E-state index in [1.54, 1.807) is 0 Å². The third-order valence-corrected chi connectivity index (χ3v) is 8.69. The standard InChI is InChI=1S/C35H74N.ClH/c1-5-9-13-17-21-22-23-27-31-35-36(32-28-24-18-14-10-6-2,33-29-25-19-15-11-7-3)34-30-26-20-16-12-8-4;/h5-35H2,1-4H3;1H/q+1;/p-1. The summed E-state index contributed by atoms with van der Waals surface area (Å²) in [7, 11) is 0. The Labute approximate surface area is 243 Å². The molecule has 0 fully saturated rings. The minimum atomic E-state index is 0. The molecule has 0 aromatic heterocycles. The molecule has 0 N–H and O–H groups in total. The van der Waals surface area contributed by atoms with E-state index in [1.165, 1.54) is 204 Å². The summed E-state index contributed by atoms with van der Waals surface area (Å²) in [5.74, 6) is 0. The van der Waals surface area contributed by atoms with Gasteiger partial charge in [0.1, 0.15) is 0 Å². The lowest BCUT2D eigenvalue weighted by Crippen LogP contribution is -3.00. The fraction of sp³-hybridized carbons (Fsp3) is 1.00. The summed E-state index contributed by atoms with van der Waals surface area (Å²) in [5, 5.41) is 0. The van der Waals surface area contributed by atoms with Crippen molar-refractivity contribution in [3.63, 3.8) is 0 Å². The number of unbranched alkanes of at least 4 members (excludes halogenated alkanes) is 23. The van der Waals surface area contributed by atoms with Crippen LogP contribution in [0.1, 0.15) is 201 Å². The lowest BCUT2D eigenvalue weighted by Gasteiger charge is -2.40. The fourth-order valence-corrected chi connectivity index (χ4v) is 6.11. The molecule has 226 valence electrons. The molecule has 0 aliphatic heterocycles. The van der Waals surface area contributed by atoms with Crippen molar-refractivity contribution in [2.45, 2.75) is 201 Å². The Morgan fingerprint density at radius 3 is 0.595 bits per heavy atom. The predicted molar refractivity (Wildman–Crippen MR) is 167 cm³/mol. The summed E-state index contributed by atoms with van der Waals surface area (Å²) in [4.78, 5) is 0. The molecule has 0 amide bonds. The second kappa shape index (κ2) is 32.5. The van der Waals surface area contributed by atoms with Gasteiger partial charge in [0.15, 0.2) is 0 Å². The highest BCUT2D eigenvalue weighted by molar-refractivity contribution is 4.55. The summed E-state index contributed by atoms with van der Waals surface area (Å²) in [6.07, 6.45) is 39.3. The van der Waals surface area contributed by atoms with Gasteiger partial charge in [-0.25, -0.2) is 0 Å². The zero-order chi connectivity index (χ0) is 26.4. The molecule has 0 radical (unpaired) electrons. The molecule has 0 saturated heterocycles. The predicted octanol–water partition coefficient (Wildman–Crippen LogP) is 9.42. The largest absolute Gasteiger partial charge is 1.00 e. The number of rotatable bonds is 31. The Morgan fingerprint density at radius 1 is 0.243 bits per heavy atom. The summed E-state index contributed by atoms with van der Waals surface area (Å²) in [6, 6.07) is 0. The monoisotopic (exact) mass is 544 g/mol. The molecule has 0 spiro atoms. The first-order valence-electron chi connectivity index (χ1n) is 17.6. The van der Waals surface area contributed by atoms with Crippen LogP contribution in [0.25, 0.3) is 0 Å². The number of hydrogen-bond donors (Lipinski definition) is 0. The second-order valence-corrected chi connectivity index (χ2v) is 12.4. The maximum atomic E-state index is 2.34. The molecule has 0 aliphatic rings. The Bertz CT molecular complexity index is 356. The lowest BCUT2D eigenvalue weighted by atomic mass is 10.0. The number of halogens is 1. The van der Waals surface area contributed by atoms with E-state index in [4.69, 9.17) is 0 Å². The topological polar surface area (TPSA) is 0 Å². The molecule has 0 unspecified atom stereocenters. The van der Waals surface area contributed by atoms with Crippen molar-refractivity contribution in [2.75, 3.05) is 26.2 Å². The maximum Gasteiger partial charge on any atom is 0.0786 e. The van der Waals surface area contributed by atoms with Gasteiger partial charge in [-0.1, -0.05) is 150 Å². The van der Waals surface area contributed by atoms with Gasteiger partial charge in [0, 0.05) is 0 Å². The van der Waals surface area contributed by atoms with Crippen LogP contribution in [-0.4, -0.2) is 30.7 Å². The Morgan fingerprint density at radius 2 is 0.405 bits per heavy atom. The number of nitrogens with zero attached hydrogens (tertiary/aromatic N) is 1. The fourth-order valence-electron chi connectivity index (χ4n) is 6.11. The van der Waals surface area contributed by atoms with E-state index in [-0.39, 0.29) is 12.4 Å². The van der Waals surface area contributed by atoms with Crippen LogP contribution in [0, 0.1) is 0 Å². The highest BCUT2D eigenvalue weighted by atomic mass is 35.5. The van der Waals surface area contributed by atoms with Crippen LogP contribution in [0.5, 0.6) is 0 Å². The highest BCUT2D eigenvalue weighted by Crippen LogP contribution is 2.21. The Balaban J connectivity index is 0. The average Bonchev–Trinajstić information content (AvgIpc) is 2.89. The average molecular weight is 544 g/mol. The summed E-state index contributed by atoms with van der Waals surface area (Å²) >= 11 is 0. The van der Waals surface area contributed by atoms with E-state index in [0.717, 1.165) is 0 Å². The van der Waals surface area contributed by atoms with Gasteiger partial charge in [0.25, 0.3) is 0 Å². The van der Waals surface area contributed by atoms with E-state index in [1.807, 2.05) is 0 Å². The molecule has 0 atom stereocenters. The quantitative estimate of drug-likeness (QED) is 0.0603. The van der Waals surface area contributed by atoms with Crippen LogP contribution < -0.4 is 12.4 Å². The normalized spacial score (nSPS) is 11.7. The molecule has 0 aliphatic carbocycles. The smallest absolute Gasteiger partial charge is 0.0786 e. The van der Waals surface area contributed by atoms with Crippen molar-refractivity contribution in [3.8, 4) is 0 Å². The maximum absolute atomic E-state index is 2.34. The molecule has 0 heterocycles. The van der Waals surface area contributed by atoms with Gasteiger partial charge in [-0.2, -0.15) is 0 Å². The van der Waals surface area contributed by atoms with Gasteiger partial charge in [0.2, 0.25) is 0 Å². The van der Waals surface area contributed by atoms with Crippen molar-refractivity contribution in [1.29, 1.82) is 0 Å². The first-order valence-corrected chi connectivity index (χ1v) is 17.6. The van der Waals surface area contributed by atoms with Gasteiger partial charge in [0.05, 0.1) is 26.2 Å². The van der Waals surface area contributed by atoms with Crippen molar-refractivity contribution in [3.05, 3.63) is 0 Å². The molecule has 0 aromatic carbocycles. The summed E-state index contributed by atoms with van der Waals surface area (Å²) in [6.45, 7) is 15.3. The number of hydrogen-bond acceptors (Lipinski definition) is 0. The first-order chi connectivity index (χ1) is 17.7. The van der Waals surface area contributed by atoms with Gasteiger partial charge in [-0.05, 0) is 51.4 Å². The molecule has 1 nitrogen and oxygen atoms in total. The van der Waals surface area contributed by atoms with Gasteiger partial charge in [-0.15, -0.1) is 0 Å². The minimum absolute atomic E-state index is 0. The van der Waals surface area contributed by atoms with Gasteiger partial charge in [-0.3, -0.25) is 0 Å². The summed E-state index contributed by atoms with van der Waals surface area (Å²) < 4.78 is 1.48. The number of quaternary nitrogens is 1. The van der Waals surface area contributed by atoms with Gasteiger partial charge < -0.3 is 16.9 Å². The van der Waals surface area contributed by atoms with Crippen LogP contribution in [0.4, 0.5) is 0 Å². The van der Waals surface area contributed by atoms with Crippen molar-refractivity contribution in [1.82, 2.24) is 0 Å². The Hall–Kier alpha value is 0.250. The minimum Gasteiger partial charge on any atom is -1.00 e. The van der Waals surface area contributed by atoms with Crippen LogP contribution >= 0.6 is 0 Å². The molecular weight excluding hydrogens is 470 g/mol. The third kappa shape index (κ3) is 27.6. The Kier molecular flexibility index (Phi) is 34.6. The molecule has 0 aromatic rings. The van der Waals surface area contributed by atoms with E-state index < -0.39 is 0 Å². The van der Waals surface area contributed by atoms with E-state index in [0.29, 0.717) is 0 Å². The zero-order valence-electron chi connectivity index (χ0n) is 26.7. The molecule has 0 rings (SSSR count). The summed E-state index contributed by atoms with van der Waals surface area (Å²) in [5.41, 5.74) is 0. The van der Waals surface area contributed by atoms with Crippen LogP contribution in [0.2, 0.25) is 0 Å². The van der Waals surface area contributed by atoms with E-state index >= 15 is 0 Å². The molecule has 37 heavy (non-hydrogen) atoms. The molecule has 0 saturated carbocycles. The van der Waals surface area contributed by atoms with Crippen LogP contribution in [0.15, 0.2) is 0 Å². The van der Waals surface area contributed by atoms with Crippen LogP contribution in [0.3, 0.4) is 0 Å². The van der Waals surface area contributed by atoms with E-state index in [9.17, 15) is 0 Å².